The fraction of sp³-hybridized carbons (Fsp3) is 0.0769. The second-order valence-electron chi connectivity index (χ2n) is 3.85. The minimum atomic E-state index is -0.400. The van der Waals surface area contributed by atoms with Gasteiger partial charge >= 0.3 is 0 Å². The third-order valence-electron chi connectivity index (χ3n) is 2.47. The van der Waals surface area contributed by atoms with E-state index in [4.69, 9.17) is 22.7 Å². The van der Waals surface area contributed by atoms with Gasteiger partial charge in [-0.25, -0.2) is 9.37 Å². The minimum Gasteiger partial charge on any atom is -0.437 e. The van der Waals surface area contributed by atoms with Crippen molar-refractivity contribution in [3.05, 3.63) is 51.9 Å². The number of rotatable bonds is 3. The summed E-state index contributed by atoms with van der Waals surface area (Å²) >= 11 is 8.27. The van der Waals surface area contributed by atoms with Crippen molar-refractivity contribution in [2.45, 2.75) is 6.92 Å². The summed E-state index contributed by atoms with van der Waals surface area (Å²) in [7, 11) is 0. The SMILES string of the molecule is Cc1ccnc(Oc2cc(F)ccc2Br)c1C(N)=S. The first kappa shape index (κ1) is 13.9. The molecule has 1 heterocycles. The fourth-order valence-electron chi connectivity index (χ4n) is 1.57. The number of ether oxygens (including phenoxy) is 1. The molecule has 1 aromatic carbocycles. The van der Waals surface area contributed by atoms with Crippen molar-refractivity contribution in [2.75, 3.05) is 0 Å². The molecular weight excluding hydrogens is 331 g/mol. The molecule has 0 aliphatic rings. The number of hydrogen-bond acceptors (Lipinski definition) is 3. The maximum atomic E-state index is 13.2. The molecule has 0 fully saturated rings. The van der Waals surface area contributed by atoms with Gasteiger partial charge in [0.2, 0.25) is 5.88 Å². The molecule has 0 bridgehead atoms. The van der Waals surface area contributed by atoms with Crippen molar-refractivity contribution < 1.29 is 9.13 Å². The van der Waals surface area contributed by atoms with Crippen LogP contribution in [-0.2, 0) is 0 Å². The van der Waals surface area contributed by atoms with Gasteiger partial charge in [0.1, 0.15) is 16.6 Å². The number of nitrogens with two attached hydrogens (primary N) is 1. The maximum Gasteiger partial charge on any atom is 0.229 e. The fourth-order valence-corrected chi connectivity index (χ4v) is 2.15. The van der Waals surface area contributed by atoms with Gasteiger partial charge in [0.15, 0.2) is 0 Å². The Balaban J connectivity index is 2.46. The Morgan fingerprint density at radius 3 is 2.84 bits per heavy atom. The molecule has 2 rings (SSSR count). The topological polar surface area (TPSA) is 48.1 Å². The zero-order valence-corrected chi connectivity index (χ0v) is 12.4. The quantitative estimate of drug-likeness (QED) is 0.865. The molecule has 0 amide bonds. The Labute approximate surface area is 123 Å². The van der Waals surface area contributed by atoms with Crippen LogP contribution >= 0.6 is 28.1 Å². The molecule has 0 aliphatic heterocycles. The van der Waals surface area contributed by atoms with E-state index in [1.807, 2.05) is 6.92 Å². The van der Waals surface area contributed by atoms with Crippen LogP contribution < -0.4 is 10.5 Å². The van der Waals surface area contributed by atoms with E-state index in [2.05, 4.69) is 20.9 Å². The molecule has 98 valence electrons. The summed E-state index contributed by atoms with van der Waals surface area (Å²) < 4.78 is 19.4. The molecule has 0 spiro atoms. The van der Waals surface area contributed by atoms with E-state index in [1.54, 1.807) is 18.3 Å². The van der Waals surface area contributed by atoms with Crippen LogP contribution in [0.2, 0.25) is 0 Å². The van der Waals surface area contributed by atoms with Gasteiger partial charge in [-0.15, -0.1) is 0 Å². The highest BCUT2D eigenvalue weighted by Crippen LogP contribution is 2.31. The van der Waals surface area contributed by atoms with E-state index in [-0.39, 0.29) is 10.9 Å². The summed E-state index contributed by atoms with van der Waals surface area (Å²) in [6.45, 7) is 1.85. The zero-order chi connectivity index (χ0) is 14.0. The van der Waals surface area contributed by atoms with Crippen LogP contribution in [0.4, 0.5) is 4.39 Å². The van der Waals surface area contributed by atoms with Crippen LogP contribution in [0, 0.1) is 12.7 Å². The standard InChI is InChI=1S/C13H10BrFN2OS/c1-7-4-5-17-13(11(7)12(16)19)18-10-6-8(15)2-3-9(10)14/h2-6H,1H3,(H2,16,19). The number of halogens is 2. The summed E-state index contributed by atoms with van der Waals surface area (Å²) in [4.78, 5) is 4.28. The van der Waals surface area contributed by atoms with E-state index < -0.39 is 5.82 Å². The lowest BCUT2D eigenvalue weighted by Gasteiger charge is -2.12. The van der Waals surface area contributed by atoms with Crippen LogP contribution in [0.25, 0.3) is 0 Å². The van der Waals surface area contributed by atoms with Crippen molar-refractivity contribution in [1.29, 1.82) is 0 Å². The molecule has 6 heteroatoms. The van der Waals surface area contributed by atoms with Crippen LogP contribution in [0.15, 0.2) is 34.9 Å². The van der Waals surface area contributed by atoms with E-state index >= 15 is 0 Å². The van der Waals surface area contributed by atoms with Gasteiger partial charge in [-0.05, 0) is 46.6 Å². The van der Waals surface area contributed by atoms with Crippen molar-refractivity contribution in [1.82, 2.24) is 4.98 Å². The highest BCUT2D eigenvalue weighted by Gasteiger charge is 2.13. The average Bonchev–Trinajstić information content (AvgIpc) is 2.33. The van der Waals surface area contributed by atoms with Gasteiger partial charge in [-0.3, -0.25) is 0 Å². The molecule has 2 aromatic rings. The molecule has 1 aromatic heterocycles. The van der Waals surface area contributed by atoms with Crippen molar-refractivity contribution in [2.24, 2.45) is 5.73 Å². The number of nitrogens with zero attached hydrogens (tertiary/aromatic N) is 1. The van der Waals surface area contributed by atoms with Gasteiger partial charge in [0, 0.05) is 12.3 Å². The second-order valence-corrected chi connectivity index (χ2v) is 5.14. The van der Waals surface area contributed by atoms with E-state index in [1.165, 1.54) is 12.1 Å². The summed E-state index contributed by atoms with van der Waals surface area (Å²) in [5.41, 5.74) is 7.06. The first-order chi connectivity index (χ1) is 8.99. The Morgan fingerprint density at radius 1 is 1.42 bits per heavy atom. The third kappa shape index (κ3) is 3.08. The van der Waals surface area contributed by atoms with Crippen molar-refractivity contribution >= 4 is 33.1 Å². The normalized spacial score (nSPS) is 10.3. The summed E-state index contributed by atoms with van der Waals surface area (Å²) in [5.74, 6) is 0.178. The number of pyridine rings is 1. The lowest BCUT2D eigenvalue weighted by molar-refractivity contribution is 0.454. The largest absolute Gasteiger partial charge is 0.437 e. The molecule has 19 heavy (non-hydrogen) atoms. The predicted octanol–water partition coefficient (Wildman–Crippen LogP) is 3.72. The van der Waals surface area contributed by atoms with Crippen LogP contribution in [0.5, 0.6) is 11.6 Å². The summed E-state index contributed by atoms with van der Waals surface area (Å²) in [6.07, 6.45) is 1.58. The smallest absolute Gasteiger partial charge is 0.229 e. The zero-order valence-electron chi connectivity index (χ0n) is 9.98. The molecular formula is C13H10BrFN2OS. The summed E-state index contributed by atoms with van der Waals surface area (Å²) in [5, 5.41) is 0. The number of aromatic nitrogens is 1. The average molecular weight is 341 g/mol. The van der Waals surface area contributed by atoms with Gasteiger partial charge < -0.3 is 10.5 Å². The van der Waals surface area contributed by atoms with Crippen LogP contribution in [0.1, 0.15) is 11.1 Å². The third-order valence-corrected chi connectivity index (χ3v) is 3.33. The Morgan fingerprint density at radius 2 is 2.16 bits per heavy atom. The van der Waals surface area contributed by atoms with Crippen LogP contribution in [-0.4, -0.2) is 9.97 Å². The highest BCUT2D eigenvalue weighted by atomic mass is 79.9. The van der Waals surface area contributed by atoms with E-state index in [0.717, 1.165) is 5.56 Å². The van der Waals surface area contributed by atoms with E-state index in [9.17, 15) is 4.39 Å². The van der Waals surface area contributed by atoms with Crippen molar-refractivity contribution in [3.63, 3.8) is 0 Å². The van der Waals surface area contributed by atoms with Crippen LogP contribution in [0.3, 0.4) is 0 Å². The second kappa shape index (κ2) is 5.63. The molecule has 0 saturated heterocycles. The Hall–Kier alpha value is -1.53. The minimum absolute atomic E-state index is 0.188. The number of aryl methyl sites for hydroxylation is 1. The Kier molecular flexibility index (Phi) is 4.11. The molecule has 0 atom stereocenters. The lowest BCUT2D eigenvalue weighted by Crippen LogP contribution is -2.13. The maximum absolute atomic E-state index is 13.2. The number of thiocarbonyl (C=S) groups is 1. The molecule has 0 saturated carbocycles. The highest BCUT2D eigenvalue weighted by molar-refractivity contribution is 9.10. The lowest BCUT2D eigenvalue weighted by atomic mass is 10.1. The van der Waals surface area contributed by atoms with E-state index in [0.29, 0.717) is 15.8 Å². The first-order valence-electron chi connectivity index (χ1n) is 5.37. The first-order valence-corrected chi connectivity index (χ1v) is 6.57. The number of hydrogen-bond donors (Lipinski definition) is 1. The predicted molar refractivity (Wildman–Crippen MR) is 79.0 cm³/mol. The molecule has 0 aliphatic carbocycles. The molecule has 0 unspecified atom stereocenters. The molecule has 3 nitrogen and oxygen atoms in total. The van der Waals surface area contributed by atoms with Gasteiger partial charge in [0.25, 0.3) is 0 Å². The van der Waals surface area contributed by atoms with Crippen molar-refractivity contribution in [3.8, 4) is 11.6 Å². The van der Waals surface area contributed by atoms with Gasteiger partial charge in [0.05, 0.1) is 10.0 Å². The van der Waals surface area contributed by atoms with Gasteiger partial charge in [-0.2, -0.15) is 0 Å². The molecule has 0 radical (unpaired) electrons. The Bertz CT molecular complexity index is 649. The van der Waals surface area contributed by atoms with Gasteiger partial charge in [-0.1, -0.05) is 12.2 Å². The number of benzene rings is 1. The monoisotopic (exact) mass is 340 g/mol. The molecule has 2 N–H and O–H groups in total. The summed E-state index contributed by atoms with van der Waals surface area (Å²) in [6, 6.07) is 5.93.